The summed E-state index contributed by atoms with van der Waals surface area (Å²) in [7, 11) is 0. The highest BCUT2D eigenvalue weighted by Gasteiger charge is 2.53. The highest BCUT2D eigenvalue weighted by molar-refractivity contribution is 9.10. The van der Waals surface area contributed by atoms with Gasteiger partial charge in [0.15, 0.2) is 6.10 Å². The number of benzene rings is 1. The summed E-state index contributed by atoms with van der Waals surface area (Å²) < 4.78 is 5.67. The number of nitrogens with one attached hydrogen (secondary N) is 1. The summed E-state index contributed by atoms with van der Waals surface area (Å²) in [5.74, 6) is -1.16. The van der Waals surface area contributed by atoms with Gasteiger partial charge in [0, 0.05) is 21.8 Å². The minimum absolute atomic E-state index is 0.395. The summed E-state index contributed by atoms with van der Waals surface area (Å²) in [6, 6.07) is 5.06. The Labute approximate surface area is 111 Å². The lowest BCUT2D eigenvalue weighted by Gasteiger charge is -2.25. The Morgan fingerprint density at radius 3 is 2.83 bits per heavy atom. The van der Waals surface area contributed by atoms with Crippen molar-refractivity contribution in [2.45, 2.75) is 11.7 Å². The minimum atomic E-state index is -1.87. The number of hydrogen-bond acceptors (Lipinski definition) is 4. The maximum atomic E-state index is 12.0. The third-order valence-corrected chi connectivity index (χ3v) is 3.54. The van der Waals surface area contributed by atoms with Gasteiger partial charge in [0.1, 0.15) is 0 Å². The molecule has 1 aromatic carbocycles. The Kier molecular flexibility index (Phi) is 2.33. The molecular weight excluding hydrogens is 302 g/mol. The third kappa shape index (κ3) is 1.42. The average molecular weight is 310 g/mol. The molecule has 0 bridgehead atoms. The Morgan fingerprint density at radius 1 is 1.39 bits per heavy atom. The van der Waals surface area contributed by atoms with Crippen LogP contribution in [-0.2, 0) is 19.9 Å². The van der Waals surface area contributed by atoms with Crippen LogP contribution >= 0.6 is 15.9 Å². The molecule has 1 aromatic rings. The fraction of sp³-hybridized carbons (Fsp3) is 0.167. The predicted molar refractivity (Wildman–Crippen MR) is 65.7 cm³/mol. The molecule has 0 spiro atoms. The molecule has 92 valence electrons. The number of fused-ring (bicyclic) bond motifs is 1. The second-order valence-corrected chi connectivity index (χ2v) is 5.04. The Hall–Kier alpha value is -1.66. The number of amides is 1. The van der Waals surface area contributed by atoms with E-state index in [-0.39, 0.29) is 0 Å². The van der Waals surface area contributed by atoms with Crippen LogP contribution in [0.2, 0.25) is 0 Å². The number of anilines is 1. The monoisotopic (exact) mass is 309 g/mol. The number of carbonyl (C=O) groups is 2. The van der Waals surface area contributed by atoms with Crippen LogP contribution in [0, 0.1) is 0 Å². The number of ether oxygens (including phenoxy) is 1. The lowest BCUT2D eigenvalue weighted by Crippen LogP contribution is -2.45. The van der Waals surface area contributed by atoms with Crippen molar-refractivity contribution in [2.75, 3.05) is 5.32 Å². The molecule has 0 fully saturated rings. The summed E-state index contributed by atoms with van der Waals surface area (Å²) >= 11 is 3.28. The molecule has 18 heavy (non-hydrogen) atoms. The molecule has 2 heterocycles. The van der Waals surface area contributed by atoms with E-state index in [1.54, 1.807) is 18.2 Å². The number of carbonyl (C=O) groups excluding carboxylic acids is 2. The van der Waals surface area contributed by atoms with Crippen molar-refractivity contribution in [1.82, 2.24) is 0 Å². The molecule has 5 nitrogen and oxygen atoms in total. The van der Waals surface area contributed by atoms with Gasteiger partial charge in [-0.05, 0) is 24.3 Å². The number of rotatable bonds is 1. The molecule has 0 saturated carbocycles. The second kappa shape index (κ2) is 3.66. The van der Waals surface area contributed by atoms with Crippen LogP contribution in [0.5, 0.6) is 0 Å². The fourth-order valence-corrected chi connectivity index (χ4v) is 2.52. The summed E-state index contributed by atoms with van der Waals surface area (Å²) in [5, 5.41) is 13.2. The van der Waals surface area contributed by atoms with Crippen LogP contribution in [0.3, 0.4) is 0 Å². The van der Waals surface area contributed by atoms with E-state index in [9.17, 15) is 14.7 Å². The van der Waals surface area contributed by atoms with Crippen molar-refractivity contribution in [2.24, 2.45) is 0 Å². The Morgan fingerprint density at radius 2 is 2.17 bits per heavy atom. The van der Waals surface area contributed by atoms with Gasteiger partial charge in [0.2, 0.25) is 5.60 Å². The van der Waals surface area contributed by atoms with Crippen LogP contribution in [0.15, 0.2) is 34.8 Å². The van der Waals surface area contributed by atoms with Gasteiger partial charge >= 0.3 is 5.97 Å². The fourth-order valence-electron chi connectivity index (χ4n) is 2.16. The van der Waals surface area contributed by atoms with Crippen molar-refractivity contribution < 1.29 is 19.4 Å². The molecule has 2 atom stereocenters. The summed E-state index contributed by atoms with van der Waals surface area (Å²) in [5.41, 5.74) is -0.963. The van der Waals surface area contributed by atoms with Crippen molar-refractivity contribution in [1.29, 1.82) is 0 Å². The zero-order valence-electron chi connectivity index (χ0n) is 9.01. The van der Waals surface area contributed by atoms with Crippen LogP contribution in [0.1, 0.15) is 5.56 Å². The van der Waals surface area contributed by atoms with E-state index in [0.717, 1.165) is 4.47 Å². The van der Waals surface area contributed by atoms with E-state index in [1.165, 1.54) is 12.2 Å². The van der Waals surface area contributed by atoms with Crippen LogP contribution < -0.4 is 5.32 Å². The van der Waals surface area contributed by atoms with E-state index in [0.29, 0.717) is 11.3 Å². The van der Waals surface area contributed by atoms with Crippen molar-refractivity contribution in [3.63, 3.8) is 0 Å². The highest BCUT2D eigenvalue weighted by Crippen LogP contribution is 2.42. The first kappa shape index (κ1) is 11.4. The zero-order chi connectivity index (χ0) is 12.9. The normalized spacial score (nSPS) is 29.1. The molecule has 0 aliphatic carbocycles. The minimum Gasteiger partial charge on any atom is -0.451 e. The van der Waals surface area contributed by atoms with Crippen LogP contribution in [0.4, 0.5) is 5.69 Å². The molecule has 6 heteroatoms. The van der Waals surface area contributed by atoms with Crippen molar-refractivity contribution in [3.05, 3.63) is 40.4 Å². The molecule has 1 amide bonds. The smallest absolute Gasteiger partial charge is 0.331 e. The molecular formula is C12H8BrNO4. The van der Waals surface area contributed by atoms with Gasteiger partial charge in [-0.1, -0.05) is 15.9 Å². The van der Waals surface area contributed by atoms with Crippen LogP contribution in [-0.4, -0.2) is 23.1 Å². The second-order valence-electron chi connectivity index (χ2n) is 4.13. The summed E-state index contributed by atoms with van der Waals surface area (Å²) in [6.07, 6.45) is 1.59. The molecule has 3 rings (SSSR count). The third-order valence-electron chi connectivity index (χ3n) is 3.05. The largest absolute Gasteiger partial charge is 0.451 e. The highest BCUT2D eigenvalue weighted by atomic mass is 79.9. The van der Waals surface area contributed by atoms with Gasteiger partial charge < -0.3 is 15.2 Å². The zero-order valence-corrected chi connectivity index (χ0v) is 10.6. The maximum absolute atomic E-state index is 12.0. The number of hydrogen-bond donors (Lipinski definition) is 2. The van der Waals surface area contributed by atoms with Crippen molar-refractivity contribution in [3.8, 4) is 0 Å². The van der Waals surface area contributed by atoms with Gasteiger partial charge in [-0.3, -0.25) is 4.79 Å². The summed E-state index contributed by atoms with van der Waals surface area (Å²) in [6.45, 7) is 0. The molecule has 0 saturated heterocycles. The standard InChI is InChI=1S/C12H8BrNO4/c13-6-1-2-8-7(5-6)12(17,11(16)14-8)9-3-4-10(15)18-9/h1-5,9,17H,(H,14,16)/t9-,12-/m0/s1. The lowest BCUT2D eigenvalue weighted by molar-refractivity contribution is -0.158. The SMILES string of the molecule is O=C1C=C[C@@H]([C@]2(O)C(=O)Nc3ccc(Br)cc32)O1. The number of halogens is 1. The van der Waals surface area contributed by atoms with Gasteiger partial charge in [-0.2, -0.15) is 0 Å². The first-order valence-electron chi connectivity index (χ1n) is 5.24. The van der Waals surface area contributed by atoms with E-state index in [2.05, 4.69) is 21.2 Å². The quantitative estimate of drug-likeness (QED) is 0.761. The lowest BCUT2D eigenvalue weighted by atomic mass is 9.89. The van der Waals surface area contributed by atoms with E-state index in [4.69, 9.17) is 4.74 Å². The van der Waals surface area contributed by atoms with E-state index >= 15 is 0 Å². The number of aliphatic hydroxyl groups is 1. The molecule has 2 N–H and O–H groups in total. The van der Waals surface area contributed by atoms with E-state index < -0.39 is 23.6 Å². The maximum Gasteiger partial charge on any atom is 0.331 e. The first-order valence-corrected chi connectivity index (χ1v) is 6.04. The topological polar surface area (TPSA) is 75.6 Å². The van der Waals surface area contributed by atoms with Crippen molar-refractivity contribution >= 4 is 33.5 Å². The molecule has 2 aliphatic heterocycles. The number of esters is 1. The van der Waals surface area contributed by atoms with E-state index in [1.807, 2.05) is 0 Å². The molecule has 0 aromatic heterocycles. The average Bonchev–Trinajstić information content (AvgIpc) is 2.86. The molecule has 0 unspecified atom stereocenters. The Balaban J connectivity index is 2.12. The molecule has 2 aliphatic rings. The van der Waals surface area contributed by atoms with Gasteiger partial charge in [-0.25, -0.2) is 4.79 Å². The first-order chi connectivity index (χ1) is 8.51. The summed E-state index contributed by atoms with van der Waals surface area (Å²) in [4.78, 5) is 23.0. The number of cyclic esters (lactones) is 1. The Bertz CT molecular complexity index is 598. The van der Waals surface area contributed by atoms with Gasteiger partial charge in [0.25, 0.3) is 5.91 Å². The molecule has 0 radical (unpaired) electrons. The van der Waals surface area contributed by atoms with Crippen LogP contribution in [0.25, 0.3) is 0 Å². The predicted octanol–water partition coefficient (Wildman–Crippen LogP) is 1.07. The van der Waals surface area contributed by atoms with Gasteiger partial charge in [-0.15, -0.1) is 0 Å². The van der Waals surface area contributed by atoms with Gasteiger partial charge in [0.05, 0.1) is 0 Å².